The van der Waals surface area contributed by atoms with Crippen LogP contribution < -0.4 is 5.32 Å². The van der Waals surface area contributed by atoms with Crippen LogP contribution in [0.3, 0.4) is 0 Å². The number of para-hydroxylation sites is 1. The average molecular weight is 277 g/mol. The highest BCUT2D eigenvalue weighted by Crippen LogP contribution is 2.29. The molecule has 0 saturated carbocycles. The van der Waals surface area contributed by atoms with E-state index < -0.39 is 0 Å². The molecule has 2 rings (SSSR count). The summed E-state index contributed by atoms with van der Waals surface area (Å²) >= 11 is 1.92. The Bertz CT molecular complexity index is 520. The molecule has 0 amide bonds. The zero-order chi connectivity index (χ0) is 13.7. The standard InChI is InChI=1S/C16H23NOS/c1-12-14-8-4-5-9-15(14)18-16(12)13(2)17-10-6-7-11-19-3/h4-5,8-9,13,17H,6-7,10-11H2,1-3H3. The zero-order valence-corrected chi connectivity index (χ0v) is 12.8. The van der Waals surface area contributed by atoms with E-state index in [-0.39, 0.29) is 6.04 Å². The van der Waals surface area contributed by atoms with Crippen LogP contribution in [0.15, 0.2) is 28.7 Å². The largest absolute Gasteiger partial charge is 0.459 e. The quantitative estimate of drug-likeness (QED) is 0.752. The lowest BCUT2D eigenvalue weighted by molar-refractivity contribution is 0.445. The van der Waals surface area contributed by atoms with Crippen molar-refractivity contribution < 1.29 is 4.42 Å². The van der Waals surface area contributed by atoms with Gasteiger partial charge in [0.25, 0.3) is 0 Å². The highest BCUT2D eigenvalue weighted by Gasteiger charge is 2.15. The van der Waals surface area contributed by atoms with Gasteiger partial charge in [-0.25, -0.2) is 0 Å². The van der Waals surface area contributed by atoms with Gasteiger partial charge in [0.1, 0.15) is 11.3 Å². The third kappa shape index (κ3) is 3.54. The van der Waals surface area contributed by atoms with E-state index in [0.717, 1.165) is 17.9 Å². The number of hydrogen-bond donors (Lipinski definition) is 1. The third-order valence-electron chi connectivity index (χ3n) is 3.50. The molecule has 0 bridgehead atoms. The molecule has 0 aliphatic heterocycles. The summed E-state index contributed by atoms with van der Waals surface area (Å²) in [5.41, 5.74) is 2.26. The minimum absolute atomic E-state index is 0.279. The van der Waals surface area contributed by atoms with Crippen molar-refractivity contribution in [1.82, 2.24) is 5.32 Å². The van der Waals surface area contributed by atoms with Crippen molar-refractivity contribution in [3.63, 3.8) is 0 Å². The summed E-state index contributed by atoms with van der Waals surface area (Å²) in [5, 5.41) is 4.79. The van der Waals surface area contributed by atoms with Crippen molar-refractivity contribution in [1.29, 1.82) is 0 Å². The molecule has 2 aromatic rings. The second-order valence-electron chi connectivity index (χ2n) is 4.96. The van der Waals surface area contributed by atoms with Crippen molar-refractivity contribution in [2.45, 2.75) is 32.7 Å². The number of thioether (sulfide) groups is 1. The highest BCUT2D eigenvalue weighted by molar-refractivity contribution is 7.98. The first-order chi connectivity index (χ1) is 9.24. The molecular formula is C16H23NOS. The van der Waals surface area contributed by atoms with Crippen molar-refractivity contribution in [2.75, 3.05) is 18.6 Å². The first-order valence-electron chi connectivity index (χ1n) is 6.94. The molecule has 0 fully saturated rings. The summed E-state index contributed by atoms with van der Waals surface area (Å²) in [4.78, 5) is 0. The second-order valence-corrected chi connectivity index (χ2v) is 5.95. The van der Waals surface area contributed by atoms with Gasteiger partial charge in [0.15, 0.2) is 0 Å². The van der Waals surface area contributed by atoms with Crippen LogP contribution in [0.2, 0.25) is 0 Å². The maximum atomic E-state index is 5.97. The molecule has 0 saturated heterocycles. The van der Waals surface area contributed by atoms with Gasteiger partial charge in [-0.15, -0.1) is 0 Å². The number of benzene rings is 1. The number of hydrogen-bond acceptors (Lipinski definition) is 3. The van der Waals surface area contributed by atoms with Gasteiger partial charge in [-0.1, -0.05) is 18.2 Å². The molecule has 1 atom stereocenters. The summed E-state index contributed by atoms with van der Waals surface area (Å²) in [5.74, 6) is 2.32. The van der Waals surface area contributed by atoms with Crippen LogP contribution in [0.25, 0.3) is 11.0 Å². The highest BCUT2D eigenvalue weighted by atomic mass is 32.2. The monoisotopic (exact) mass is 277 g/mol. The van der Waals surface area contributed by atoms with E-state index in [9.17, 15) is 0 Å². The molecule has 3 heteroatoms. The van der Waals surface area contributed by atoms with E-state index in [0.29, 0.717) is 0 Å². The predicted molar refractivity (Wildman–Crippen MR) is 85.0 cm³/mol. The summed E-state index contributed by atoms with van der Waals surface area (Å²) in [6, 6.07) is 8.53. The van der Waals surface area contributed by atoms with E-state index in [4.69, 9.17) is 4.42 Å². The lowest BCUT2D eigenvalue weighted by atomic mass is 10.1. The number of unbranched alkanes of at least 4 members (excludes halogenated alkanes) is 1. The molecule has 1 heterocycles. The average Bonchev–Trinajstić information content (AvgIpc) is 2.76. The van der Waals surface area contributed by atoms with Crippen molar-refractivity contribution in [3.05, 3.63) is 35.6 Å². The Hall–Kier alpha value is -0.930. The Kier molecular flexibility index (Phi) is 5.34. The van der Waals surface area contributed by atoms with Crippen LogP contribution in [-0.2, 0) is 0 Å². The van der Waals surface area contributed by atoms with Gasteiger partial charge < -0.3 is 9.73 Å². The van der Waals surface area contributed by atoms with Gasteiger partial charge in [0.05, 0.1) is 6.04 Å². The zero-order valence-electron chi connectivity index (χ0n) is 12.0. The van der Waals surface area contributed by atoms with Crippen molar-refractivity contribution in [3.8, 4) is 0 Å². The number of nitrogens with one attached hydrogen (secondary N) is 1. The lowest BCUT2D eigenvalue weighted by Crippen LogP contribution is -2.20. The molecule has 1 N–H and O–H groups in total. The normalized spacial score (nSPS) is 13.0. The molecule has 2 nitrogen and oxygen atoms in total. The molecular weight excluding hydrogens is 254 g/mol. The Morgan fingerprint density at radius 1 is 1.26 bits per heavy atom. The van der Waals surface area contributed by atoms with Gasteiger partial charge >= 0.3 is 0 Å². The van der Waals surface area contributed by atoms with Crippen LogP contribution in [0.1, 0.15) is 37.1 Å². The van der Waals surface area contributed by atoms with Crippen molar-refractivity contribution >= 4 is 22.7 Å². The molecule has 1 aromatic carbocycles. The first-order valence-corrected chi connectivity index (χ1v) is 8.33. The predicted octanol–water partition coefficient (Wildman–Crippen LogP) is 4.54. The lowest BCUT2D eigenvalue weighted by Gasteiger charge is -2.12. The SMILES string of the molecule is CSCCCCNC(C)c1oc2ccccc2c1C. The summed E-state index contributed by atoms with van der Waals surface area (Å²) in [6.07, 6.45) is 4.66. The Balaban J connectivity index is 1.97. The molecule has 104 valence electrons. The molecule has 0 spiro atoms. The summed E-state index contributed by atoms with van der Waals surface area (Å²) < 4.78 is 5.97. The van der Waals surface area contributed by atoms with Crippen LogP contribution >= 0.6 is 11.8 Å². The van der Waals surface area contributed by atoms with E-state index in [1.165, 1.54) is 29.5 Å². The number of furan rings is 1. The maximum absolute atomic E-state index is 5.97. The summed E-state index contributed by atoms with van der Waals surface area (Å²) in [6.45, 7) is 5.38. The molecule has 0 radical (unpaired) electrons. The van der Waals surface area contributed by atoms with E-state index in [1.807, 2.05) is 23.9 Å². The minimum atomic E-state index is 0.279. The number of fused-ring (bicyclic) bond motifs is 1. The molecule has 0 aliphatic rings. The van der Waals surface area contributed by atoms with Gasteiger partial charge in [-0.3, -0.25) is 0 Å². The van der Waals surface area contributed by atoms with Crippen LogP contribution in [0, 0.1) is 6.92 Å². The molecule has 19 heavy (non-hydrogen) atoms. The van der Waals surface area contributed by atoms with Crippen molar-refractivity contribution in [2.24, 2.45) is 0 Å². The third-order valence-corrected chi connectivity index (χ3v) is 4.20. The van der Waals surface area contributed by atoms with Gasteiger partial charge in [0.2, 0.25) is 0 Å². The fourth-order valence-corrected chi connectivity index (χ4v) is 2.88. The van der Waals surface area contributed by atoms with E-state index in [1.54, 1.807) is 0 Å². The van der Waals surface area contributed by atoms with Gasteiger partial charge in [0, 0.05) is 5.39 Å². The van der Waals surface area contributed by atoms with Crippen LogP contribution in [-0.4, -0.2) is 18.6 Å². The Labute approximate surface area is 119 Å². The molecule has 0 aliphatic carbocycles. The van der Waals surface area contributed by atoms with E-state index >= 15 is 0 Å². The summed E-state index contributed by atoms with van der Waals surface area (Å²) in [7, 11) is 0. The fourth-order valence-electron chi connectivity index (χ4n) is 2.39. The number of rotatable bonds is 7. The van der Waals surface area contributed by atoms with Gasteiger partial charge in [-0.05, 0) is 56.9 Å². The fraction of sp³-hybridized carbons (Fsp3) is 0.500. The first kappa shape index (κ1) is 14.5. The number of aryl methyl sites for hydroxylation is 1. The Morgan fingerprint density at radius 2 is 2.05 bits per heavy atom. The smallest absolute Gasteiger partial charge is 0.134 e. The molecule has 1 unspecified atom stereocenters. The molecule has 1 aromatic heterocycles. The minimum Gasteiger partial charge on any atom is -0.459 e. The second kappa shape index (κ2) is 7.01. The maximum Gasteiger partial charge on any atom is 0.134 e. The topological polar surface area (TPSA) is 25.2 Å². The van der Waals surface area contributed by atoms with E-state index in [2.05, 4.69) is 37.6 Å². The van der Waals surface area contributed by atoms with Crippen LogP contribution in [0.5, 0.6) is 0 Å². The van der Waals surface area contributed by atoms with Gasteiger partial charge in [-0.2, -0.15) is 11.8 Å². The Morgan fingerprint density at radius 3 is 2.79 bits per heavy atom. The van der Waals surface area contributed by atoms with Crippen LogP contribution in [0.4, 0.5) is 0 Å².